The summed E-state index contributed by atoms with van der Waals surface area (Å²) in [7, 11) is 1.74. The van der Waals surface area contributed by atoms with Crippen molar-refractivity contribution < 1.29 is 4.79 Å². The molecule has 4 nitrogen and oxygen atoms in total. The highest BCUT2D eigenvalue weighted by molar-refractivity contribution is 7.14. The maximum atomic E-state index is 11.8. The molecule has 2 aromatic heterocycles. The summed E-state index contributed by atoms with van der Waals surface area (Å²) in [5.74, 6) is -0.0591. The van der Waals surface area contributed by atoms with Crippen LogP contribution in [0.3, 0.4) is 0 Å². The van der Waals surface area contributed by atoms with Crippen LogP contribution in [0.5, 0.6) is 0 Å². The van der Waals surface area contributed by atoms with E-state index < -0.39 is 0 Å². The molecule has 0 amide bonds. The van der Waals surface area contributed by atoms with E-state index in [0.717, 1.165) is 4.88 Å². The number of hydrogen-bond acceptors (Lipinski definition) is 4. The van der Waals surface area contributed by atoms with Crippen LogP contribution in [0.25, 0.3) is 0 Å². The van der Waals surface area contributed by atoms with Crippen molar-refractivity contribution in [3.05, 3.63) is 33.8 Å². The standard InChI is InChI=1S/C9H9N3OS/c1-6-3-4-8(14-6)9(13)7-5-12(2)11-10-7/h3-5H,1-2H3. The van der Waals surface area contributed by atoms with Gasteiger partial charge in [-0.1, -0.05) is 5.21 Å². The summed E-state index contributed by atoms with van der Waals surface area (Å²) in [5.41, 5.74) is 0.398. The van der Waals surface area contributed by atoms with Crippen LogP contribution in [0.4, 0.5) is 0 Å². The third kappa shape index (κ3) is 1.58. The lowest BCUT2D eigenvalue weighted by atomic mass is 10.2. The molecule has 0 aromatic carbocycles. The van der Waals surface area contributed by atoms with Crippen molar-refractivity contribution >= 4 is 17.1 Å². The van der Waals surface area contributed by atoms with Gasteiger partial charge in [-0.05, 0) is 19.1 Å². The lowest BCUT2D eigenvalue weighted by Gasteiger charge is -1.88. The SMILES string of the molecule is Cc1ccc(C(=O)c2cn(C)nn2)s1. The predicted octanol–water partition coefficient (Wildman–Crippen LogP) is 1.42. The van der Waals surface area contributed by atoms with Gasteiger partial charge in [0.2, 0.25) is 5.78 Å². The summed E-state index contributed by atoms with van der Waals surface area (Å²) in [4.78, 5) is 13.6. The molecule has 0 fully saturated rings. The van der Waals surface area contributed by atoms with E-state index in [1.165, 1.54) is 16.0 Å². The Morgan fingerprint density at radius 3 is 2.79 bits per heavy atom. The minimum Gasteiger partial charge on any atom is -0.286 e. The highest BCUT2D eigenvalue weighted by atomic mass is 32.1. The average molecular weight is 207 g/mol. The molecule has 2 rings (SSSR count). The lowest BCUT2D eigenvalue weighted by Crippen LogP contribution is -1.98. The molecule has 0 N–H and O–H groups in total. The minimum absolute atomic E-state index is 0.0591. The van der Waals surface area contributed by atoms with E-state index in [2.05, 4.69) is 10.3 Å². The lowest BCUT2D eigenvalue weighted by molar-refractivity contribution is 0.103. The van der Waals surface area contributed by atoms with Crippen molar-refractivity contribution in [3.8, 4) is 0 Å². The Balaban J connectivity index is 2.33. The molecule has 0 aliphatic rings. The zero-order valence-electron chi connectivity index (χ0n) is 7.89. The smallest absolute Gasteiger partial charge is 0.224 e. The summed E-state index contributed by atoms with van der Waals surface area (Å²) >= 11 is 1.47. The van der Waals surface area contributed by atoms with Crippen LogP contribution in [0.15, 0.2) is 18.3 Å². The Bertz CT molecular complexity index is 430. The Hall–Kier alpha value is -1.49. The number of nitrogens with zero attached hydrogens (tertiary/aromatic N) is 3. The second-order valence-electron chi connectivity index (χ2n) is 3.02. The van der Waals surface area contributed by atoms with E-state index in [1.54, 1.807) is 13.2 Å². The zero-order chi connectivity index (χ0) is 10.1. The summed E-state index contributed by atoms with van der Waals surface area (Å²) in [6.07, 6.45) is 1.62. The molecule has 0 saturated heterocycles. The van der Waals surface area contributed by atoms with E-state index >= 15 is 0 Å². The summed E-state index contributed by atoms with van der Waals surface area (Å²) in [6, 6.07) is 3.74. The van der Waals surface area contributed by atoms with E-state index in [-0.39, 0.29) is 5.78 Å². The molecule has 5 heteroatoms. The molecule has 72 valence electrons. The number of aromatic nitrogens is 3. The number of carbonyl (C=O) groups excluding carboxylic acids is 1. The van der Waals surface area contributed by atoms with Gasteiger partial charge in [0.1, 0.15) is 0 Å². The number of ketones is 1. The maximum absolute atomic E-state index is 11.8. The van der Waals surface area contributed by atoms with Crippen LogP contribution in [0, 0.1) is 6.92 Å². The van der Waals surface area contributed by atoms with Crippen LogP contribution in [-0.4, -0.2) is 20.8 Å². The van der Waals surface area contributed by atoms with Gasteiger partial charge >= 0.3 is 0 Å². The summed E-state index contributed by atoms with van der Waals surface area (Å²) < 4.78 is 1.52. The number of carbonyl (C=O) groups is 1. The fourth-order valence-corrected chi connectivity index (χ4v) is 1.95. The first kappa shape index (κ1) is 9.08. The van der Waals surface area contributed by atoms with E-state index in [4.69, 9.17) is 0 Å². The number of rotatable bonds is 2. The predicted molar refractivity (Wildman–Crippen MR) is 53.5 cm³/mol. The van der Waals surface area contributed by atoms with Crippen molar-refractivity contribution in [3.63, 3.8) is 0 Å². The molecule has 0 spiro atoms. The third-order valence-corrected chi connectivity index (χ3v) is 2.80. The second kappa shape index (κ2) is 3.34. The normalized spacial score (nSPS) is 10.4. The van der Waals surface area contributed by atoms with Gasteiger partial charge in [-0.2, -0.15) is 0 Å². The first-order valence-corrected chi connectivity index (χ1v) is 4.96. The minimum atomic E-state index is -0.0591. The molecule has 2 heterocycles. The van der Waals surface area contributed by atoms with Gasteiger partial charge in [-0.15, -0.1) is 16.4 Å². The van der Waals surface area contributed by atoms with Gasteiger partial charge < -0.3 is 0 Å². The molecular formula is C9H9N3OS. The van der Waals surface area contributed by atoms with E-state index in [1.807, 2.05) is 19.1 Å². The highest BCUT2D eigenvalue weighted by Crippen LogP contribution is 2.17. The average Bonchev–Trinajstić information content (AvgIpc) is 2.73. The largest absolute Gasteiger partial charge is 0.286 e. The molecule has 0 atom stereocenters. The number of hydrogen-bond donors (Lipinski definition) is 0. The Labute approximate surface area is 85.2 Å². The Morgan fingerprint density at radius 2 is 2.29 bits per heavy atom. The van der Waals surface area contributed by atoms with Crippen LogP contribution >= 0.6 is 11.3 Å². The molecule has 0 radical (unpaired) electrons. The molecule has 0 aliphatic heterocycles. The first-order chi connectivity index (χ1) is 6.66. The van der Waals surface area contributed by atoms with Crippen molar-refractivity contribution in [1.82, 2.24) is 15.0 Å². The third-order valence-electron chi connectivity index (χ3n) is 1.80. The van der Waals surface area contributed by atoms with Crippen molar-refractivity contribution in [2.75, 3.05) is 0 Å². The molecular weight excluding hydrogens is 198 g/mol. The van der Waals surface area contributed by atoms with Gasteiger partial charge in [0, 0.05) is 11.9 Å². The monoisotopic (exact) mass is 207 g/mol. The fraction of sp³-hybridized carbons (Fsp3) is 0.222. The Morgan fingerprint density at radius 1 is 1.50 bits per heavy atom. The summed E-state index contributed by atoms with van der Waals surface area (Å²) in [6.45, 7) is 1.97. The second-order valence-corrected chi connectivity index (χ2v) is 4.30. The Kier molecular flexibility index (Phi) is 2.17. The molecule has 0 aliphatic carbocycles. The number of aryl methyl sites for hydroxylation is 2. The van der Waals surface area contributed by atoms with Crippen LogP contribution in [-0.2, 0) is 7.05 Å². The van der Waals surface area contributed by atoms with Crippen molar-refractivity contribution in [2.45, 2.75) is 6.92 Å². The topological polar surface area (TPSA) is 47.8 Å². The molecule has 2 aromatic rings. The van der Waals surface area contributed by atoms with Crippen LogP contribution in [0.2, 0.25) is 0 Å². The van der Waals surface area contributed by atoms with Crippen LogP contribution < -0.4 is 0 Å². The fourth-order valence-electron chi connectivity index (χ4n) is 1.13. The zero-order valence-corrected chi connectivity index (χ0v) is 8.71. The van der Waals surface area contributed by atoms with Gasteiger partial charge in [-0.3, -0.25) is 9.48 Å². The molecule has 0 bridgehead atoms. The molecule has 14 heavy (non-hydrogen) atoms. The molecule has 0 unspecified atom stereocenters. The van der Waals surface area contributed by atoms with E-state index in [0.29, 0.717) is 10.6 Å². The van der Waals surface area contributed by atoms with E-state index in [9.17, 15) is 4.79 Å². The van der Waals surface area contributed by atoms with Crippen LogP contribution in [0.1, 0.15) is 20.2 Å². The summed E-state index contributed by atoms with van der Waals surface area (Å²) in [5, 5.41) is 7.49. The van der Waals surface area contributed by atoms with Gasteiger partial charge in [-0.25, -0.2) is 0 Å². The molecule has 0 saturated carbocycles. The van der Waals surface area contributed by atoms with Gasteiger partial charge in [0.05, 0.1) is 11.1 Å². The quantitative estimate of drug-likeness (QED) is 0.700. The number of thiophene rings is 1. The highest BCUT2D eigenvalue weighted by Gasteiger charge is 2.13. The van der Waals surface area contributed by atoms with Crippen molar-refractivity contribution in [2.24, 2.45) is 7.05 Å². The van der Waals surface area contributed by atoms with Gasteiger partial charge in [0.15, 0.2) is 5.69 Å². The maximum Gasteiger partial charge on any atom is 0.224 e. The first-order valence-electron chi connectivity index (χ1n) is 4.14. The van der Waals surface area contributed by atoms with Gasteiger partial charge in [0.25, 0.3) is 0 Å². The van der Waals surface area contributed by atoms with Crippen molar-refractivity contribution in [1.29, 1.82) is 0 Å².